The molecule has 0 aromatic carbocycles. The van der Waals surface area contributed by atoms with Crippen LogP contribution in [0.1, 0.15) is 0 Å². The van der Waals surface area contributed by atoms with Crippen molar-refractivity contribution in [2.75, 3.05) is 5.73 Å². The van der Waals surface area contributed by atoms with Crippen LogP contribution in [0.3, 0.4) is 0 Å². The van der Waals surface area contributed by atoms with E-state index in [2.05, 4.69) is 15.0 Å². The van der Waals surface area contributed by atoms with Crippen LogP contribution in [-0.2, 0) is 0 Å². The highest BCUT2D eigenvalue weighted by molar-refractivity contribution is 5.54. The van der Waals surface area contributed by atoms with Crippen molar-refractivity contribution in [1.82, 2.24) is 15.0 Å². The summed E-state index contributed by atoms with van der Waals surface area (Å²) in [7, 11) is 0. The van der Waals surface area contributed by atoms with Gasteiger partial charge in [-0.25, -0.2) is 4.98 Å². The highest BCUT2D eigenvalue weighted by Crippen LogP contribution is 2.13. The summed E-state index contributed by atoms with van der Waals surface area (Å²) in [5.41, 5.74) is 7.11. The third-order valence-electron chi connectivity index (χ3n) is 1.54. The number of nitrogen functional groups attached to an aromatic ring is 1. The SMILES string of the molecule is Nc1ncc(-c2ccccn2)[nH]1. The molecule has 0 saturated carbocycles. The molecule has 0 amide bonds. The second-order valence-corrected chi connectivity index (χ2v) is 2.40. The van der Waals surface area contributed by atoms with Crippen LogP contribution in [-0.4, -0.2) is 15.0 Å². The lowest BCUT2D eigenvalue weighted by molar-refractivity contribution is 1.28. The Balaban J connectivity index is 2.45. The molecule has 0 saturated heterocycles. The molecule has 0 bridgehead atoms. The number of pyridine rings is 1. The molecule has 0 unspecified atom stereocenters. The molecule has 4 heteroatoms. The van der Waals surface area contributed by atoms with Gasteiger partial charge in [0.25, 0.3) is 0 Å². The number of nitrogens with two attached hydrogens (primary N) is 1. The molecule has 4 nitrogen and oxygen atoms in total. The minimum atomic E-state index is 0.413. The Hall–Kier alpha value is -1.84. The molecule has 0 aliphatic rings. The van der Waals surface area contributed by atoms with Crippen LogP contribution in [0.5, 0.6) is 0 Å². The number of nitrogens with zero attached hydrogens (tertiary/aromatic N) is 2. The molecule has 0 aliphatic heterocycles. The average molecular weight is 160 g/mol. The van der Waals surface area contributed by atoms with E-state index in [1.54, 1.807) is 12.4 Å². The van der Waals surface area contributed by atoms with Crippen LogP contribution < -0.4 is 5.73 Å². The average Bonchev–Trinajstić information content (AvgIpc) is 2.54. The van der Waals surface area contributed by atoms with Crippen molar-refractivity contribution in [1.29, 1.82) is 0 Å². The summed E-state index contributed by atoms with van der Waals surface area (Å²) >= 11 is 0. The van der Waals surface area contributed by atoms with E-state index in [9.17, 15) is 0 Å². The van der Waals surface area contributed by atoms with Gasteiger partial charge in [-0.3, -0.25) is 4.98 Å². The van der Waals surface area contributed by atoms with E-state index in [0.29, 0.717) is 5.95 Å². The van der Waals surface area contributed by atoms with Crippen LogP contribution in [0.15, 0.2) is 30.6 Å². The number of hydrogen-bond donors (Lipinski definition) is 2. The van der Waals surface area contributed by atoms with Crippen molar-refractivity contribution >= 4 is 5.95 Å². The third kappa shape index (κ3) is 1.14. The van der Waals surface area contributed by atoms with Crippen molar-refractivity contribution in [2.24, 2.45) is 0 Å². The van der Waals surface area contributed by atoms with Crippen molar-refractivity contribution < 1.29 is 0 Å². The van der Waals surface area contributed by atoms with Crippen LogP contribution in [0, 0.1) is 0 Å². The number of aromatic nitrogens is 3. The van der Waals surface area contributed by atoms with E-state index >= 15 is 0 Å². The largest absolute Gasteiger partial charge is 0.369 e. The van der Waals surface area contributed by atoms with Crippen LogP contribution in [0.25, 0.3) is 11.4 Å². The summed E-state index contributed by atoms with van der Waals surface area (Å²) in [5, 5.41) is 0. The van der Waals surface area contributed by atoms with Gasteiger partial charge in [-0.2, -0.15) is 0 Å². The Morgan fingerprint density at radius 1 is 1.25 bits per heavy atom. The number of rotatable bonds is 1. The molecule has 0 aliphatic carbocycles. The van der Waals surface area contributed by atoms with Gasteiger partial charge in [-0.15, -0.1) is 0 Å². The second kappa shape index (κ2) is 2.65. The zero-order valence-electron chi connectivity index (χ0n) is 6.36. The Labute approximate surface area is 69.5 Å². The van der Waals surface area contributed by atoms with E-state index in [0.717, 1.165) is 11.4 Å². The maximum Gasteiger partial charge on any atom is 0.197 e. The quantitative estimate of drug-likeness (QED) is 0.655. The number of nitrogens with one attached hydrogen (secondary N) is 1. The summed E-state index contributed by atoms with van der Waals surface area (Å²) in [4.78, 5) is 10.9. The van der Waals surface area contributed by atoms with Gasteiger partial charge in [0.05, 0.1) is 17.6 Å². The molecule has 0 fully saturated rings. The van der Waals surface area contributed by atoms with Crippen molar-refractivity contribution in [3.8, 4) is 11.4 Å². The summed E-state index contributed by atoms with van der Waals surface area (Å²) < 4.78 is 0. The van der Waals surface area contributed by atoms with E-state index < -0.39 is 0 Å². The first-order chi connectivity index (χ1) is 5.86. The molecule has 0 atom stereocenters. The van der Waals surface area contributed by atoms with Crippen molar-refractivity contribution in [3.05, 3.63) is 30.6 Å². The van der Waals surface area contributed by atoms with E-state index in [1.165, 1.54) is 0 Å². The first-order valence-corrected chi connectivity index (χ1v) is 3.58. The molecule has 60 valence electrons. The smallest absolute Gasteiger partial charge is 0.197 e. The monoisotopic (exact) mass is 160 g/mol. The lowest BCUT2D eigenvalue weighted by atomic mass is 10.3. The van der Waals surface area contributed by atoms with Crippen molar-refractivity contribution in [3.63, 3.8) is 0 Å². The lowest BCUT2D eigenvalue weighted by Gasteiger charge is -1.92. The maximum atomic E-state index is 5.42. The van der Waals surface area contributed by atoms with E-state index in [4.69, 9.17) is 5.73 Å². The Bertz CT molecular complexity index is 366. The molecule has 3 N–H and O–H groups in total. The Morgan fingerprint density at radius 3 is 2.75 bits per heavy atom. The molecule has 0 spiro atoms. The highest BCUT2D eigenvalue weighted by atomic mass is 15.0. The molecule has 12 heavy (non-hydrogen) atoms. The first-order valence-electron chi connectivity index (χ1n) is 3.58. The van der Waals surface area contributed by atoms with Crippen LogP contribution in [0.4, 0.5) is 5.95 Å². The Kier molecular flexibility index (Phi) is 1.51. The van der Waals surface area contributed by atoms with E-state index in [1.807, 2.05) is 18.2 Å². The minimum absolute atomic E-state index is 0.413. The van der Waals surface area contributed by atoms with Crippen LogP contribution in [0.2, 0.25) is 0 Å². The lowest BCUT2D eigenvalue weighted by Crippen LogP contribution is -1.86. The Morgan fingerprint density at radius 2 is 2.17 bits per heavy atom. The second-order valence-electron chi connectivity index (χ2n) is 2.40. The van der Waals surface area contributed by atoms with Crippen LogP contribution >= 0.6 is 0 Å². The number of hydrogen-bond acceptors (Lipinski definition) is 3. The summed E-state index contributed by atoms with van der Waals surface area (Å²) in [5.74, 6) is 0.413. The number of aromatic amines is 1. The zero-order chi connectivity index (χ0) is 8.39. The predicted octanol–water partition coefficient (Wildman–Crippen LogP) is 1.05. The zero-order valence-corrected chi connectivity index (χ0v) is 6.36. The molecular weight excluding hydrogens is 152 g/mol. The number of imidazole rings is 1. The summed E-state index contributed by atoms with van der Waals surface area (Å²) in [6.07, 6.45) is 3.39. The van der Waals surface area contributed by atoms with Gasteiger partial charge >= 0.3 is 0 Å². The number of H-pyrrole nitrogens is 1. The molecule has 2 aromatic rings. The summed E-state index contributed by atoms with van der Waals surface area (Å²) in [6.45, 7) is 0. The molecule has 2 heterocycles. The summed E-state index contributed by atoms with van der Waals surface area (Å²) in [6, 6.07) is 5.68. The standard InChI is InChI=1S/C8H8N4/c9-8-11-5-7(12-8)6-3-1-2-4-10-6/h1-5H,(H3,9,11,12). The highest BCUT2D eigenvalue weighted by Gasteiger charge is 1.99. The fraction of sp³-hybridized carbons (Fsp3) is 0. The predicted molar refractivity (Wildman–Crippen MR) is 46.2 cm³/mol. The number of anilines is 1. The van der Waals surface area contributed by atoms with Gasteiger partial charge in [0.1, 0.15) is 0 Å². The van der Waals surface area contributed by atoms with Gasteiger partial charge < -0.3 is 10.7 Å². The van der Waals surface area contributed by atoms with Gasteiger partial charge in [0.15, 0.2) is 5.95 Å². The van der Waals surface area contributed by atoms with Gasteiger partial charge in [-0.1, -0.05) is 6.07 Å². The van der Waals surface area contributed by atoms with Gasteiger partial charge in [0.2, 0.25) is 0 Å². The first kappa shape index (κ1) is 6.84. The van der Waals surface area contributed by atoms with E-state index in [-0.39, 0.29) is 0 Å². The minimum Gasteiger partial charge on any atom is -0.369 e. The fourth-order valence-electron chi connectivity index (χ4n) is 0.989. The molecule has 2 rings (SSSR count). The molecule has 0 radical (unpaired) electrons. The normalized spacial score (nSPS) is 10.0. The van der Waals surface area contributed by atoms with Gasteiger partial charge in [0, 0.05) is 6.20 Å². The fourth-order valence-corrected chi connectivity index (χ4v) is 0.989. The van der Waals surface area contributed by atoms with Gasteiger partial charge in [-0.05, 0) is 12.1 Å². The molecule has 2 aromatic heterocycles. The molecular formula is C8H8N4. The third-order valence-corrected chi connectivity index (χ3v) is 1.54. The topological polar surface area (TPSA) is 67.6 Å². The van der Waals surface area contributed by atoms with Crippen molar-refractivity contribution in [2.45, 2.75) is 0 Å². The maximum absolute atomic E-state index is 5.42.